The van der Waals surface area contributed by atoms with Crippen molar-refractivity contribution in [1.82, 2.24) is 9.97 Å². The number of ether oxygens (including phenoxy) is 2. The maximum atomic E-state index is 14.1. The van der Waals surface area contributed by atoms with Crippen molar-refractivity contribution >= 4 is 23.4 Å². The lowest BCUT2D eigenvalue weighted by molar-refractivity contribution is 0.0975. The summed E-state index contributed by atoms with van der Waals surface area (Å²) < 4.78 is 24.2. The van der Waals surface area contributed by atoms with Gasteiger partial charge >= 0.3 is 0 Å². The molecule has 0 spiro atoms. The minimum absolute atomic E-state index is 0.000120. The number of nitrogens with two attached hydrogens (primary N) is 1. The Labute approximate surface area is 174 Å². The first-order valence-corrected chi connectivity index (χ1v) is 9.66. The van der Waals surface area contributed by atoms with Gasteiger partial charge in [-0.25, -0.2) is 9.37 Å². The van der Waals surface area contributed by atoms with E-state index in [1.54, 1.807) is 13.2 Å². The number of hydrogen-bond donors (Lipinski definition) is 3. The summed E-state index contributed by atoms with van der Waals surface area (Å²) in [6.07, 6.45) is 1.61. The molecular weight excluding hydrogens is 393 g/mol. The first-order chi connectivity index (χ1) is 14.5. The number of halogens is 1. The lowest BCUT2D eigenvalue weighted by Gasteiger charge is -2.30. The fraction of sp³-hybridized carbons (Fsp3) is 0.450. The van der Waals surface area contributed by atoms with Gasteiger partial charge in [0.05, 0.1) is 7.11 Å². The van der Waals surface area contributed by atoms with E-state index in [4.69, 9.17) is 15.2 Å². The van der Waals surface area contributed by atoms with Gasteiger partial charge in [-0.3, -0.25) is 4.79 Å². The Bertz CT molecular complexity index is 911. The number of anilines is 3. The fourth-order valence-electron chi connectivity index (χ4n) is 3.45. The molecule has 9 nitrogen and oxygen atoms in total. The summed E-state index contributed by atoms with van der Waals surface area (Å²) in [5, 5.41) is 12.6. The number of nitrogen functional groups attached to an aromatic ring is 1. The first kappa shape index (κ1) is 21.7. The second-order valence-electron chi connectivity index (χ2n) is 6.92. The number of nitrogens with one attached hydrogen (secondary N) is 1. The smallest absolute Gasteiger partial charge is 0.277 e. The molecule has 2 aromatic rings. The van der Waals surface area contributed by atoms with Crippen molar-refractivity contribution in [1.29, 1.82) is 0 Å². The maximum Gasteiger partial charge on any atom is 0.277 e. The number of aromatic nitrogens is 2. The third-order valence-corrected chi connectivity index (χ3v) is 4.99. The molecule has 0 radical (unpaired) electrons. The van der Waals surface area contributed by atoms with Crippen LogP contribution in [0, 0.1) is 5.82 Å². The van der Waals surface area contributed by atoms with E-state index in [2.05, 4.69) is 15.3 Å². The summed E-state index contributed by atoms with van der Waals surface area (Å²) in [6, 6.07) is 4.26. The molecule has 10 heteroatoms. The number of carbonyl (C=O) groups is 1. The van der Waals surface area contributed by atoms with Crippen LogP contribution in [-0.4, -0.2) is 61.0 Å². The topological polar surface area (TPSA) is 123 Å². The van der Waals surface area contributed by atoms with E-state index in [9.17, 15) is 14.3 Å². The number of methoxy groups -OCH3 is 2. The highest BCUT2D eigenvalue weighted by Crippen LogP contribution is 2.30. The summed E-state index contributed by atoms with van der Waals surface area (Å²) in [7, 11) is 2.99. The van der Waals surface area contributed by atoms with Gasteiger partial charge in [0.2, 0.25) is 5.95 Å². The van der Waals surface area contributed by atoms with Crippen molar-refractivity contribution in [3.05, 3.63) is 35.3 Å². The van der Waals surface area contributed by atoms with Crippen LogP contribution in [0.2, 0.25) is 0 Å². The minimum atomic E-state index is -0.553. The molecule has 1 aliphatic rings. The molecule has 0 saturated carbocycles. The van der Waals surface area contributed by atoms with Gasteiger partial charge in [0.1, 0.15) is 11.5 Å². The van der Waals surface area contributed by atoms with Crippen LogP contribution in [-0.2, 0) is 11.2 Å². The molecule has 1 atom stereocenters. The number of benzene rings is 1. The van der Waals surface area contributed by atoms with Crippen LogP contribution >= 0.6 is 0 Å². The summed E-state index contributed by atoms with van der Waals surface area (Å²) in [4.78, 5) is 23.0. The highest BCUT2D eigenvalue weighted by molar-refractivity contribution is 6.07. The van der Waals surface area contributed by atoms with Crippen LogP contribution in [0.15, 0.2) is 18.2 Å². The quantitative estimate of drug-likeness (QED) is 0.560. The number of fused-ring (bicyclic) bond motifs is 1. The lowest BCUT2D eigenvalue weighted by Crippen LogP contribution is -2.39. The standard InChI is InChI=1S/C20H26FN5O4/c1-29-10-7-12(6-9-27)23-18-14-5-8-26(19(28)17(14)24-20(22)25-18)13-3-4-16(30-2)15(21)11-13/h3-4,11-12,27H,5-10H2,1-2H3,(H3,22,23,24,25). The summed E-state index contributed by atoms with van der Waals surface area (Å²) in [5.41, 5.74) is 7.10. The number of nitrogens with zero attached hydrogens (tertiary/aromatic N) is 3. The van der Waals surface area contributed by atoms with Crippen molar-refractivity contribution in [3.8, 4) is 5.75 Å². The van der Waals surface area contributed by atoms with Gasteiger partial charge in [-0.2, -0.15) is 4.98 Å². The van der Waals surface area contributed by atoms with Crippen molar-refractivity contribution in [3.63, 3.8) is 0 Å². The fourth-order valence-corrected chi connectivity index (χ4v) is 3.45. The van der Waals surface area contributed by atoms with Crippen molar-refractivity contribution < 1.29 is 23.8 Å². The second-order valence-corrected chi connectivity index (χ2v) is 6.92. The second kappa shape index (κ2) is 9.68. The van der Waals surface area contributed by atoms with Crippen molar-refractivity contribution in [2.45, 2.75) is 25.3 Å². The first-order valence-electron chi connectivity index (χ1n) is 9.66. The van der Waals surface area contributed by atoms with E-state index in [0.717, 1.165) is 0 Å². The van der Waals surface area contributed by atoms with Gasteiger partial charge in [0.15, 0.2) is 11.6 Å². The highest BCUT2D eigenvalue weighted by Gasteiger charge is 2.31. The number of aliphatic hydroxyl groups excluding tert-OH is 1. The molecule has 3 rings (SSSR count). The van der Waals surface area contributed by atoms with Gasteiger partial charge < -0.3 is 30.5 Å². The minimum Gasteiger partial charge on any atom is -0.494 e. The Morgan fingerprint density at radius 3 is 2.80 bits per heavy atom. The van der Waals surface area contributed by atoms with Crippen LogP contribution in [0.5, 0.6) is 5.75 Å². The molecule has 30 heavy (non-hydrogen) atoms. The van der Waals surface area contributed by atoms with E-state index in [0.29, 0.717) is 49.5 Å². The lowest BCUT2D eigenvalue weighted by atomic mass is 10.0. The van der Waals surface area contributed by atoms with Crippen LogP contribution in [0.1, 0.15) is 28.9 Å². The molecule has 4 N–H and O–H groups in total. The molecule has 0 bridgehead atoms. The number of rotatable bonds is 9. The molecule has 1 aromatic carbocycles. The van der Waals surface area contributed by atoms with E-state index in [1.165, 1.54) is 24.1 Å². The average Bonchev–Trinajstić information content (AvgIpc) is 2.73. The Morgan fingerprint density at radius 2 is 2.13 bits per heavy atom. The van der Waals surface area contributed by atoms with E-state index < -0.39 is 5.82 Å². The zero-order valence-electron chi connectivity index (χ0n) is 17.0. The third kappa shape index (κ3) is 4.60. The normalized spacial score (nSPS) is 14.4. The molecule has 2 heterocycles. The molecule has 0 saturated heterocycles. The Balaban J connectivity index is 1.89. The number of amides is 1. The van der Waals surface area contributed by atoms with E-state index >= 15 is 0 Å². The summed E-state index contributed by atoms with van der Waals surface area (Å²) in [6.45, 7) is 0.846. The predicted molar refractivity (Wildman–Crippen MR) is 110 cm³/mol. The van der Waals surface area contributed by atoms with Gasteiger partial charge in [-0.05, 0) is 31.4 Å². The van der Waals surface area contributed by atoms with E-state index in [-0.39, 0.29) is 35.9 Å². The third-order valence-electron chi connectivity index (χ3n) is 4.99. The highest BCUT2D eigenvalue weighted by atomic mass is 19.1. The Kier molecular flexibility index (Phi) is 7.01. The van der Waals surface area contributed by atoms with Gasteiger partial charge in [-0.15, -0.1) is 0 Å². The Hall–Kier alpha value is -2.98. The summed E-state index contributed by atoms with van der Waals surface area (Å²) >= 11 is 0. The van der Waals surface area contributed by atoms with Crippen LogP contribution in [0.3, 0.4) is 0 Å². The SMILES string of the molecule is COCCC(CCO)Nc1nc(N)nc2c1CCN(c1ccc(OC)c(F)c1)C2=O. The Morgan fingerprint density at radius 1 is 1.33 bits per heavy atom. The van der Waals surface area contributed by atoms with Crippen LogP contribution in [0.25, 0.3) is 0 Å². The van der Waals surface area contributed by atoms with Gasteiger partial charge in [0, 0.05) is 50.2 Å². The number of carbonyl (C=O) groups excluding carboxylic acids is 1. The number of aliphatic hydroxyl groups is 1. The molecule has 162 valence electrons. The molecule has 0 fully saturated rings. The zero-order chi connectivity index (χ0) is 21.7. The molecule has 1 aromatic heterocycles. The molecule has 0 aliphatic carbocycles. The van der Waals surface area contributed by atoms with Crippen LogP contribution in [0.4, 0.5) is 21.8 Å². The van der Waals surface area contributed by atoms with Gasteiger partial charge in [-0.1, -0.05) is 0 Å². The zero-order valence-corrected chi connectivity index (χ0v) is 17.0. The summed E-state index contributed by atoms with van der Waals surface area (Å²) in [5.74, 6) is -0.396. The van der Waals surface area contributed by atoms with Crippen molar-refractivity contribution in [2.75, 3.05) is 49.9 Å². The molecule has 1 aliphatic heterocycles. The van der Waals surface area contributed by atoms with Gasteiger partial charge in [0.25, 0.3) is 5.91 Å². The molecular formula is C20H26FN5O4. The molecule has 1 amide bonds. The number of hydrogen-bond acceptors (Lipinski definition) is 8. The predicted octanol–water partition coefficient (Wildman–Crippen LogP) is 1.61. The maximum absolute atomic E-state index is 14.1. The average molecular weight is 419 g/mol. The van der Waals surface area contributed by atoms with Crippen molar-refractivity contribution in [2.24, 2.45) is 0 Å². The monoisotopic (exact) mass is 419 g/mol. The van der Waals surface area contributed by atoms with Crippen LogP contribution < -0.4 is 20.7 Å². The molecule has 1 unspecified atom stereocenters. The van der Waals surface area contributed by atoms with E-state index in [1.807, 2.05) is 0 Å². The largest absolute Gasteiger partial charge is 0.494 e.